The molecule has 0 aliphatic heterocycles. The number of methoxy groups -OCH3 is 1. The van der Waals surface area contributed by atoms with Crippen molar-refractivity contribution in [1.29, 1.82) is 0 Å². The highest BCUT2D eigenvalue weighted by atomic mass is 16.5. The minimum absolute atomic E-state index is 0.116. The highest BCUT2D eigenvalue weighted by molar-refractivity contribution is 5.94. The van der Waals surface area contributed by atoms with E-state index in [9.17, 15) is 9.59 Å². The lowest BCUT2D eigenvalue weighted by atomic mass is 9.47. The number of esters is 1. The van der Waals surface area contributed by atoms with Gasteiger partial charge in [-0.1, -0.05) is 0 Å². The van der Waals surface area contributed by atoms with Crippen molar-refractivity contribution in [2.45, 2.75) is 44.1 Å². The smallest absolute Gasteiger partial charge is 0.311 e. The molecule has 2 aromatic heterocycles. The molecule has 7 heteroatoms. The molecule has 0 aromatic carbocycles. The summed E-state index contributed by atoms with van der Waals surface area (Å²) in [5, 5.41) is 10.2. The monoisotopic (exact) mass is 369 g/mol. The molecule has 2 unspecified atom stereocenters. The summed E-state index contributed by atoms with van der Waals surface area (Å²) in [5.74, 6) is 1.27. The first-order chi connectivity index (χ1) is 13.0. The number of carbonyl (C=O) groups excluding carboxylic acids is 2. The second-order valence-corrected chi connectivity index (χ2v) is 8.61. The average Bonchev–Trinajstić information content (AvgIpc) is 3.30. The van der Waals surface area contributed by atoms with Gasteiger partial charge >= 0.3 is 5.97 Å². The third-order valence-corrected chi connectivity index (χ3v) is 6.66. The van der Waals surface area contributed by atoms with E-state index in [0.717, 1.165) is 32.1 Å². The Balaban J connectivity index is 1.39. The van der Waals surface area contributed by atoms with Crippen molar-refractivity contribution >= 4 is 11.9 Å². The highest BCUT2D eigenvalue weighted by Gasteiger charge is 2.61. The summed E-state index contributed by atoms with van der Waals surface area (Å²) in [6.07, 6.45) is 7.05. The second-order valence-electron chi connectivity index (χ2n) is 8.61. The number of aromatic nitrogens is 2. The van der Waals surface area contributed by atoms with Crippen LogP contribution in [0, 0.1) is 17.3 Å². The summed E-state index contributed by atoms with van der Waals surface area (Å²) < 4.78 is 10.5. The molecule has 7 nitrogen and oxygen atoms in total. The third kappa shape index (κ3) is 2.59. The van der Waals surface area contributed by atoms with Gasteiger partial charge in [-0.25, -0.2) is 0 Å². The molecule has 2 heterocycles. The van der Waals surface area contributed by atoms with Crippen LogP contribution >= 0.6 is 0 Å². The number of hydrogen-bond donors (Lipinski definition) is 2. The molecule has 2 aromatic rings. The van der Waals surface area contributed by atoms with Gasteiger partial charge in [-0.2, -0.15) is 5.10 Å². The maximum Gasteiger partial charge on any atom is 0.311 e. The first-order valence-electron chi connectivity index (χ1n) is 9.51. The number of furan rings is 1. The van der Waals surface area contributed by atoms with Crippen molar-refractivity contribution in [2.75, 3.05) is 7.11 Å². The minimum Gasteiger partial charge on any atom is -0.469 e. The number of nitrogens with zero attached hydrogens (tertiary/aromatic N) is 1. The molecule has 4 bridgehead atoms. The Hall–Kier alpha value is -2.57. The Bertz CT molecular complexity index is 871. The van der Waals surface area contributed by atoms with Crippen molar-refractivity contribution in [3.05, 3.63) is 30.2 Å². The summed E-state index contributed by atoms with van der Waals surface area (Å²) in [7, 11) is 1.46. The van der Waals surface area contributed by atoms with E-state index >= 15 is 0 Å². The van der Waals surface area contributed by atoms with E-state index in [0.29, 0.717) is 35.4 Å². The summed E-state index contributed by atoms with van der Waals surface area (Å²) in [4.78, 5) is 25.5. The van der Waals surface area contributed by atoms with Crippen LogP contribution in [-0.4, -0.2) is 34.7 Å². The number of aromatic amines is 1. The standard InChI is InChI=1S/C20H23N3O4/c1-26-18(25)19-7-12-5-13(8-19)10-20(9-12,11-19)21-17(24)15-6-14(22-23-15)16-3-2-4-27-16/h2-4,6,12-13H,5,7-11H2,1H3,(H,21,24)(H,22,23)/t12-,13+,19?,20?. The molecule has 4 saturated carbocycles. The molecule has 0 radical (unpaired) electrons. The average molecular weight is 369 g/mol. The maximum atomic E-state index is 12.9. The Morgan fingerprint density at radius 1 is 1.30 bits per heavy atom. The molecule has 142 valence electrons. The first-order valence-corrected chi connectivity index (χ1v) is 9.51. The van der Waals surface area contributed by atoms with Gasteiger partial charge in [0.05, 0.1) is 18.8 Å². The molecule has 4 atom stereocenters. The van der Waals surface area contributed by atoms with Crippen LogP contribution in [0.5, 0.6) is 0 Å². The maximum absolute atomic E-state index is 12.9. The van der Waals surface area contributed by atoms with Gasteiger partial charge in [0.15, 0.2) is 11.5 Å². The number of rotatable bonds is 4. The van der Waals surface area contributed by atoms with Gasteiger partial charge in [0.2, 0.25) is 0 Å². The zero-order valence-corrected chi connectivity index (χ0v) is 15.3. The zero-order valence-electron chi connectivity index (χ0n) is 15.3. The SMILES string of the molecule is COC(=O)C12C[C@@H]3C[C@@H](CC(NC(=O)c4cc(-c5ccco5)[nH]n4)(C3)C1)C2. The van der Waals surface area contributed by atoms with Crippen LogP contribution in [-0.2, 0) is 9.53 Å². The normalized spacial score (nSPS) is 33.8. The first kappa shape index (κ1) is 16.6. The number of ether oxygens (including phenoxy) is 1. The predicted octanol–water partition coefficient (Wildman–Crippen LogP) is 2.91. The number of amides is 1. The molecule has 0 spiro atoms. The van der Waals surface area contributed by atoms with Crippen molar-refractivity contribution in [3.63, 3.8) is 0 Å². The van der Waals surface area contributed by atoms with Crippen LogP contribution in [0.15, 0.2) is 28.9 Å². The number of H-pyrrole nitrogens is 1. The molecule has 4 aliphatic rings. The van der Waals surface area contributed by atoms with Gasteiger partial charge in [-0.15, -0.1) is 0 Å². The quantitative estimate of drug-likeness (QED) is 0.808. The van der Waals surface area contributed by atoms with Gasteiger partial charge in [-0.05, 0) is 62.5 Å². The molecule has 1 amide bonds. The van der Waals surface area contributed by atoms with E-state index in [1.165, 1.54) is 7.11 Å². The zero-order chi connectivity index (χ0) is 18.6. The second kappa shape index (κ2) is 5.71. The van der Waals surface area contributed by atoms with Crippen molar-refractivity contribution in [2.24, 2.45) is 17.3 Å². The lowest BCUT2D eigenvalue weighted by Gasteiger charge is -2.60. The van der Waals surface area contributed by atoms with E-state index in [2.05, 4.69) is 15.5 Å². The van der Waals surface area contributed by atoms with E-state index in [-0.39, 0.29) is 17.4 Å². The number of nitrogens with one attached hydrogen (secondary N) is 2. The van der Waals surface area contributed by atoms with Crippen LogP contribution < -0.4 is 5.32 Å². The fourth-order valence-corrected chi connectivity index (χ4v) is 6.17. The highest BCUT2D eigenvalue weighted by Crippen LogP contribution is 2.62. The van der Waals surface area contributed by atoms with Crippen molar-refractivity contribution in [1.82, 2.24) is 15.5 Å². The van der Waals surface area contributed by atoms with E-state index < -0.39 is 5.41 Å². The largest absolute Gasteiger partial charge is 0.469 e. The van der Waals surface area contributed by atoms with Gasteiger partial charge in [0.25, 0.3) is 5.91 Å². The third-order valence-electron chi connectivity index (χ3n) is 6.66. The van der Waals surface area contributed by atoms with Crippen molar-refractivity contribution < 1.29 is 18.7 Å². The molecule has 2 N–H and O–H groups in total. The van der Waals surface area contributed by atoms with Crippen LogP contribution in [0.4, 0.5) is 0 Å². The Kier molecular flexibility index (Phi) is 3.51. The topological polar surface area (TPSA) is 97.2 Å². The molecule has 4 aliphatic carbocycles. The molecule has 6 rings (SSSR count). The number of carbonyl (C=O) groups is 2. The minimum atomic E-state index is -0.434. The summed E-state index contributed by atoms with van der Waals surface area (Å²) in [5.41, 5.74) is 0.238. The van der Waals surface area contributed by atoms with E-state index in [1.54, 1.807) is 18.4 Å². The van der Waals surface area contributed by atoms with Crippen molar-refractivity contribution in [3.8, 4) is 11.5 Å². The molecular formula is C20H23N3O4. The molecule has 0 saturated heterocycles. The van der Waals surface area contributed by atoms with Gasteiger partial charge in [0.1, 0.15) is 5.69 Å². The van der Waals surface area contributed by atoms with Crippen LogP contribution in [0.25, 0.3) is 11.5 Å². The van der Waals surface area contributed by atoms with Crippen LogP contribution in [0.3, 0.4) is 0 Å². The van der Waals surface area contributed by atoms with Crippen LogP contribution in [0.1, 0.15) is 49.0 Å². The lowest BCUT2D eigenvalue weighted by molar-refractivity contribution is -0.171. The lowest BCUT2D eigenvalue weighted by Crippen LogP contribution is -2.64. The van der Waals surface area contributed by atoms with Crippen LogP contribution in [0.2, 0.25) is 0 Å². The summed E-state index contributed by atoms with van der Waals surface area (Å²) in [6.45, 7) is 0. The van der Waals surface area contributed by atoms with Gasteiger partial charge in [0, 0.05) is 11.6 Å². The Morgan fingerprint density at radius 3 is 2.74 bits per heavy atom. The molecular weight excluding hydrogens is 346 g/mol. The number of hydrogen-bond acceptors (Lipinski definition) is 5. The van der Waals surface area contributed by atoms with Gasteiger partial charge in [-0.3, -0.25) is 14.7 Å². The predicted molar refractivity (Wildman–Crippen MR) is 95.6 cm³/mol. The Labute approximate surface area is 156 Å². The molecule has 27 heavy (non-hydrogen) atoms. The summed E-state index contributed by atoms with van der Waals surface area (Å²) >= 11 is 0. The molecule has 4 fully saturated rings. The van der Waals surface area contributed by atoms with Gasteiger partial charge < -0.3 is 14.5 Å². The summed E-state index contributed by atoms with van der Waals surface area (Å²) in [6, 6.07) is 5.30. The van der Waals surface area contributed by atoms with E-state index in [1.807, 2.05) is 6.07 Å². The van der Waals surface area contributed by atoms with E-state index in [4.69, 9.17) is 9.15 Å². The fraction of sp³-hybridized carbons (Fsp3) is 0.550. The Morgan fingerprint density at radius 2 is 2.07 bits per heavy atom. The fourth-order valence-electron chi connectivity index (χ4n) is 6.17.